The highest BCUT2D eigenvalue weighted by Gasteiger charge is 2.32. The number of carbonyl (C=O) groups is 3. The molecule has 1 aliphatic rings. The minimum absolute atomic E-state index is 0.00573. The number of carboxylic acid groups (broad SMARTS) is 1. The van der Waals surface area contributed by atoms with Gasteiger partial charge in [-0.25, -0.2) is 4.79 Å². The van der Waals surface area contributed by atoms with Gasteiger partial charge in [0.15, 0.2) is 0 Å². The first-order valence-electron chi connectivity index (χ1n) is 6.59. The molecule has 114 valence electrons. The second-order valence-corrected chi connectivity index (χ2v) is 5.74. The van der Waals surface area contributed by atoms with Crippen LogP contribution in [0.25, 0.3) is 0 Å². The molecule has 8 heteroatoms. The van der Waals surface area contributed by atoms with Gasteiger partial charge in [0.2, 0.25) is 5.91 Å². The molecule has 3 N–H and O–H groups in total. The summed E-state index contributed by atoms with van der Waals surface area (Å²) in [7, 11) is 0. The third-order valence-corrected chi connectivity index (χ3v) is 4.23. The minimum atomic E-state index is -0.876. The molecule has 0 radical (unpaired) electrons. The van der Waals surface area contributed by atoms with Crippen molar-refractivity contribution in [2.45, 2.75) is 32.4 Å². The molecule has 0 spiro atoms. The number of rotatable bonds is 5. The average molecular weight is 303 g/mol. The zero-order valence-corrected chi connectivity index (χ0v) is 12.5. The Balaban J connectivity index is 2.61. The van der Waals surface area contributed by atoms with Crippen molar-refractivity contribution in [1.82, 2.24) is 15.5 Å². The van der Waals surface area contributed by atoms with Crippen molar-refractivity contribution in [3.8, 4) is 0 Å². The quantitative estimate of drug-likeness (QED) is 0.667. The number of hydrogen-bond acceptors (Lipinski definition) is 5. The van der Waals surface area contributed by atoms with Crippen molar-refractivity contribution in [1.29, 1.82) is 0 Å². The summed E-state index contributed by atoms with van der Waals surface area (Å²) in [4.78, 5) is 36.1. The monoisotopic (exact) mass is 303 g/mol. The lowest BCUT2D eigenvalue weighted by atomic mass is 10.1. The molecule has 0 saturated carbocycles. The van der Waals surface area contributed by atoms with Crippen molar-refractivity contribution in [3.05, 3.63) is 0 Å². The van der Waals surface area contributed by atoms with Crippen LogP contribution in [-0.4, -0.2) is 64.6 Å². The third kappa shape index (κ3) is 5.01. The second-order valence-electron chi connectivity index (χ2n) is 4.59. The van der Waals surface area contributed by atoms with Crippen LogP contribution in [0.5, 0.6) is 0 Å². The molecule has 7 nitrogen and oxygen atoms in total. The lowest BCUT2D eigenvalue weighted by Crippen LogP contribution is -2.55. The Morgan fingerprint density at radius 1 is 1.45 bits per heavy atom. The molecule has 1 saturated heterocycles. The maximum Gasteiger partial charge on any atom is 0.321 e. The van der Waals surface area contributed by atoms with Gasteiger partial charge in [0, 0.05) is 30.6 Å². The highest BCUT2D eigenvalue weighted by molar-refractivity contribution is 7.99. The zero-order valence-electron chi connectivity index (χ0n) is 11.7. The molecule has 1 heterocycles. The summed E-state index contributed by atoms with van der Waals surface area (Å²) in [5.74, 6) is 0.261. The van der Waals surface area contributed by atoms with Crippen LogP contribution in [-0.2, 0) is 9.59 Å². The molecule has 0 aromatic heterocycles. The summed E-state index contributed by atoms with van der Waals surface area (Å²) >= 11 is 1.68. The smallest absolute Gasteiger partial charge is 0.321 e. The number of hydrogen-bond donors (Lipinski definition) is 3. The van der Waals surface area contributed by atoms with E-state index in [0.29, 0.717) is 18.8 Å². The topological polar surface area (TPSA) is 98.7 Å². The molecule has 2 atom stereocenters. The van der Waals surface area contributed by atoms with Crippen LogP contribution < -0.4 is 10.6 Å². The van der Waals surface area contributed by atoms with Crippen molar-refractivity contribution < 1.29 is 19.5 Å². The predicted octanol–water partition coefficient (Wildman–Crippen LogP) is 0.113. The van der Waals surface area contributed by atoms with E-state index in [9.17, 15) is 14.4 Å². The lowest BCUT2D eigenvalue weighted by Gasteiger charge is -2.38. The summed E-state index contributed by atoms with van der Waals surface area (Å²) in [6, 6.07) is -1.23. The molecule has 2 unspecified atom stereocenters. The Morgan fingerprint density at radius 3 is 2.75 bits per heavy atom. The highest BCUT2D eigenvalue weighted by Crippen LogP contribution is 2.21. The maximum absolute atomic E-state index is 12.0. The van der Waals surface area contributed by atoms with Crippen LogP contribution in [0, 0.1) is 0 Å². The molecular formula is C12H21N3O4S. The number of amides is 3. The number of nitrogens with zero attached hydrogens (tertiary/aromatic N) is 1. The first-order valence-corrected chi connectivity index (χ1v) is 7.75. The number of carboxylic acids is 1. The molecule has 0 bridgehead atoms. The molecule has 0 aromatic carbocycles. The highest BCUT2D eigenvalue weighted by atomic mass is 32.2. The Kier molecular flexibility index (Phi) is 6.80. The van der Waals surface area contributed by atoms with Crippen molar-refractivity contribution in [2.24, 2.45) is 0 Å². The van der Waals surface area contributed by atoms with E-state index in [2.05, 4.69) is 10.6 Å². The van der Waals surface area contributed by atoms with E-state index in [0.717, 1.165) is 5.75 Å². The molecule has 0 aliphatic carbocycles. The Labute approximate surface area is 122 Å². The van der Waals surface area contributed by atoms with E-state index in [-0.39, 0.29) is 12.5 Å². The van der Waals surface area contributed by atoms with Gasteiger partial charge in [-0.1, -0.05) is 0 Å². The SMILES string of the molecule is CCNC(=O)NC(=O)C(C)N1CCSCC1CC(=O)O. The molecular weight excluding hydrogens is 282 g/mol. The summed E-state index contributed by atoms with van der Waals surface area (Å²) in [5, 5.41) is 13.7. The fraction of sp³-hybridized carbons (Fsp3) is 0.750. The number of thioether (sulfide) groups is 1. The van der Waals surface area contributed by atoms with Gasteiger partial charge in [-0.15, -0.1) is 0 Å². The van der Waals surface area contributed by atoms with Gasteiger partial charge in [0.1, 0.15) is 0 Å². The Bertz CT molecular complexity index is 378. The molecule has 1 fully saturated rings. The minimum Gasteiger partial charge on any atom is -0.481 e. The summed E-state index contributed by atoms with van der Waals surface area (Å²) in [6.07, 6.45) is 0.00573. The van der Waals surface area contributed by atoms with Crippen molar-refractivity contribution in [3.63, 3.8) is 0 Å². The van der Waals surface area contributed by atoms with Gasteiger partial charge in [0.05, 0.1) is 12.5 Å². The molecule has 1 aliphatic heterocycles. The van der Waals surface area contributed by atoms with Crippen LogP contribution in [0.1, 0.15) is 20.3 Å². The van der Waals surface area contributed by atoms with Crippen molar-refractivity contribution >= 4 is 29.7 Å². The van der Waals surface area contributed by atoms with Gasteiger partial charge >= 0.3 is 12.0 Å². The third-order valence-electron chi connectivity index (χ3n) is 3.13. The normalized spacial score (nSPS) is 21.0. The van der Waals surface area contributed by atoms with E-state index in [1.54, 1.807) is 25.6 Å². The number of nitrogens with one attached hydrogen (secondary N) is 2. The first kappa shape index (κ1) is 16.8. The summed E-state index contributed by atoms with van der Waals surface area (Å²) in [6.45, 7) is 4.54. The fourth-order valence-corrected chi connectivity index (χ4v) is 3.21. The van der Waals surface area contributed by atoms with E-state index < -0.39 is 23.9 Å². The Hall–Kier alpha value is -1.28. The van der Waals surface area contributed by atoms with Gasteiger partial charge in [-0.05, 0) is 13.8 Å². The number of aliphatic carboxylic acids is 1. The fourth-order valence-electron chi connectivity index (χ4n) is 2.13. The van der Waals surface area contributed by atoms with Gasteiger partial charge < -0.3 is 10.4 Å². The maximum atomic E-state index is 12.0. The molecule has 20 heavy (non-hydrogen) atoms. The van der Waals surface area contributed by atoms with Crippen LogP contribution in [0.15, 0.2) is 0 Å². The summed E-state index contributed by atoms with van der Waals surface area (Å²) < 4.78 is 0. The van der Waals surface area contributed by atoms with E-state index in [1.807, 2.05) is 4.90 Å². The number of imide groups is 1. The zero-order chi connectivity index (χ0) is 15.1. The predicted molar refractivity (Wildman–Crippen MR) is 76.7 cm³/mol. The molecule has 0 aromatic rings. The Morgan fingerprint density at radius 2 is 2.15 bits per heavy atom. The average Bonchev–Trinajstić information content (AvgIpc) is 2.38. The van der Waals surface area contributed by atoms with Gasteiger partial charge in [0.25, 0.3) is 0 Å². The van der Waals surface area contributed by atoms with Crippen LogP contribution in [0.3, 0.4) is 0 Å². The number of carbonyl (C=O) groups excluding carboxylic acids is 2. The van der Waals surface area contributed by atoms with Gasteiger partial charge in [-0.3, -0.25) is 19.8 Å². The first-order chi connectivity index (χ1) is 9.45. The van der Waals surface area contributed by atoms with Crippen LogP contribution in [0.2, 0.25) is 0 Å². The van der Waals surface area contributed by atoms with E-state index in [1.165, 1.54) is 0 Å². The standard InChI is InChI=1S/C12H21N3O4S/c1-3-13-12(19)14-11(18)8(2)15-4-5-20-7-9(15)6-10(16)17/h8-9H,3-7H2,1-2H3,(H,16,17)(H2,13,14,18,19). The summed E-state index contributed by atoms with van der Waals surface area (Å²) in [5.41, 5.74) is 0. The van der Waals surface area contributed by atoms with E-state index >= 15 is 0 Å². The van der Waals surface area contributed by atoms with Gasteiger partial charge in [-0.2, -0.15) is 11.8 Å². The lowest BCUT2D eigenvalue weighted by molar-refractivity contribution is -0.139. The second kappa shape index (κ2) is 8.11. The number of urea groups is 1. The van der Waals surface area contributed by atoms with E-state index in [4.69, 9.17) is 5.11 Å². The van der Waals surface area contributed by atoms with Crippen LogP contribution >= 0.6 is 11.8 Å². The molecule has 1 rings (SSSR count). The molecule has 3 amide bonds. The van der Waals surface area contributed by atoms with Crippen molar-refractivity contribution in [2.75, 3.05) is 24.6 Å². The van der Waals surface area contributed by atoms with Crippen LogP contribution in [0.4, 0.5) is 4.79 Å². The largest absolute Gasteiger partial charge is 0.481 e.